The molecule has 2 rings (SSSR count). The van der Waals surface area contributed by atoms with Gasteiger partial charge in [-0.3, -0.25) is 0 Å². The zero-order chi connectivity index (χ0) is 11.9. The lowest BCUT2D eigenvalue weighted by Crippen LogP contribution is -2.28. The monoisotopic (exact) mass is 223 g/mol. The Morgan fingerprint density at radius 1 is 1.50 bits per heavy atom. The number of imidazole rings is 1. The third kappa shape index (κ3) is 1.76. The van der Waals surface area contributed by atoms with Crippen molar-refractivity contribution in [3.8, 4) is 0 Å². The van der Waals surface area contributed by atoms with Crippen molar-refractivity contribution in [1.29, 1.82) is 0 Å². The lowest BCUT2D eigenvalue weighted by Gasteiger charge is -2.22. The summed E-state index contributed by atoms with van der Waals surface area (Å²) < 4.78 is 7.67. The van der Waals surface area contributed by atoms with Crippen LogP contribution in [0, 0.1) is 0 Å². The summed E-state index contributed by atoms with van der Waals surface area (Å²) in [5.74, 6) is 0.995. The van der Waals surface area contributed by atoms with Crippen molar-refractivity contribution in [2.45, 2.75) is 44.8 Å². The number of ether oxygens (including phenoxy) is 1. The Bertz CT molecular complexity index is 395. The molecule has 1 aliphatic rings. The highest BCUT2D eigenvalue weighted by Gasteiger charge is 2.30. The van der Waals surface area contributed by atoms with E-state index in [-0.39, 0.29) is 11.6 Å². The fourth-order valence-corrected chi connectivity index (χ4v) is 2.37. The first kappa shape index (κ1) is 11.6. The van der Waals surface area contributed by atoms with Crippen molar-refractivity contribution < 1.29 is 4.74 Å². The summed E-state index contributed by atoms with van der Waals surface area (Å²) in [4.78, 5) is 4.70. The van der Waals surface area contributed by atoms with E-state index in [1.807, 2.05) is 13.8 Å². The largest absolute Gasteiger partial charge is 0.371 e. The predicted molar refractivity (Wildman–Crippen MR) is 63.2 cm³/mol. The Labute approximate surface area is 96.8 Å². The van der Waals surface area contributed by atoms with Gasteiger partial charge in [-0.05, 0) is 26.7 Å². The number of rotatable bonds is 2. The van der Waals surface area contributed by atoms with Crippen LogP contribution < -0.4 is 5.73 Å². The van der Waals surface area contributed by atoms with Gasteiger partial charge in [-0.1, -0.05) is 0 Å². The van der Waals surface area contributed by atoms with Crippen LogP contribution in [0.5, 0.6) is 0 Å². The molecule has 0 saturated carbocycles. The number of methoxy groups -OCH3 is 1. The molecule has 1 aromatic heterocycles. The van der Waals surface area contributed by atoms with Crippen LogP contribution in [0.1, 0.15) is 37.5 Å². The molecule has 2 N–H and O–H groups in total. The summed E-state index contributed by atoms with van der Waals surface area (Å²) in [7, 11) is 3.79. The number of aromatic nitrogens is 2. The highest BCUT2D eigenvalue weighted by molar-refractivity contribution is 5.23. The molecule has 0 aliphatic heterocycles. The van der Waals surface area contributed by atoms with Gasteiger partial charge in [0.25, 0.3) is 0 Å². The fourth-order valence-electron chi connectivity index (χ4n) is 2.37. The Morgan fingerprint density at radius 3 is 2.81 bits per heavy atom. The Kier molecular flexibility index (Phi) is 2.80. The van der Waals surface area contributed by atoms with E-state index in [2.05, 4.69) is 11.6 Å². The highest BCUT2D eigenvalue weighted by atomic mass is 16.5. The smallest absolute Gasteiger partial charge is 0.140 e. The molecule has 16 heavy (non-hydrogen) atoms. The molecule has 1 heterocycles. The molecule has 0 bridgehead atoms. The van der Waals surface area contributed by atoms with E-state index in [1.54, 1.807) is 7.11 Å². The van der Waals surface area contributed by atoms with Crippen molar-refractivity contribution in [3.05, 3.63) is 17.2 Å². The third-order valence-electron chi connectivity index (χ3n) is 3.55. The maximum Gasteiger partial charge on any atom is 0.140 e. The van der Waals surface area contributed by atoms with Crippen LogP contribution in [-0.4, -0.2) is 22.7 Å². The normalized spacial score (nSPS) is 20.9. The fraction of sp³-hybridized carbons (Fsp3) is 0.750. The Hall–Kier alpha value is -0.870. The lowest BCUT2D eigenvalue weighted by molar-refractivity contribution is 0.00911. The molecule has 0 aromatic carbocycles. The summed E-state index contributed by atoms with van der Waals surface area (Å²) in [6.07, 6.45) is 2.97. The predicted octanol–water partition coefficient (Wildman–Crippen LogP) is 1.12. The van der Waals surface area contributed by atoms with Crippen molar-refractivity contribution in [3.63, 3.8) is 0 Å². The second-order valence-electron chi connectivity index (χ2n) is 5.11. The minimum atomic E-state index is -0.337. The first-order valence-corrected chi connectivity index (χ1v) is 5.81. The molecule has 1 unspecified atom stereocenters. The molecule has 4 heteroatoms. The maximum atomic E-state index is 5.97. The van der Waals surface area contributed by atoms with Crippen molar-refractivity contribution in [1.82, 2.24) is 9.55 Å². The minimum Gasteiger partial charge on any atom is -0.371 e. The van der Waals surface area contributed by atoms with Crippen LogP contribution in [-0.2, 0) is 30.2 Å². The maximum absolute atomic E-state index is 5.97. The topological polar surface area (TPSA) is 53.1 Å². The van der Waals surface area contributed by atoms with Gasteiger partial charge >= 0.3 is 0 Å². The van der Waals surface area contributed by atoms with Crippen molar-refractivity contribution in [2.75, 3.05) is 7.11 Å². The van der Waals surface area contributed by atoms with Gasteiger partial charge in [0.2, 0.25) is 0 Å². The summed E-state index contributed by atoms with van der Waals surface area (Å²) in [6, 6.07) is 0.265. The van der Waals surface area contributed by atoms with E-state index < -0.39 is 0 Å². The van der Waals surface area contributed by atoms with Gasteiger partial charge in [0.15, 0.2) is 0 Å². The average Bonchev–Trinajstić information content (AvgIpc) is 2.56. The quantitative estimate of drug-likeness (QED) is 0.817. The van der Waals surface area contributed by atoms with Gasteiger partial charge in [-0.15, -0.1) is 0 Å². The minimum absolute atomic E-state index is 0.265. The zero-order valence-corrected chi connectivity index (χ0v) is 10.6. The number of nitrogens with zero attached hydrogens (tertiary/aromatic N) is 2. The van der Waals surface area contributed by atoms with Gasteiger partial charge in [0, 0.05) is 32.3 Å². The van der Waals surface area contributed by atoms with Crippen molar-refractivity contribution in [2.24, 2.45) is 12.8 Å². The Morgan fingerprint density at radius 2 is 2.19 bits per heavy atom. The number of fused-ring (bicyclic) bond motifs is 1. The molecular weight excluding hydrogens is 202 g/mol. The second-order valence-corrected chi connectivity index (χ2v) is 5.11. The molecule has 90 valence electrons. The first-order valence-electron chi connectivity index (χ1n) is 5.81. The number of hydrogen-bond donors (Lipinski definition) is 1. The molecule has 4 nitrogen and oxygen atoms in total. The molecule has 1 atom stereocenters. The van der Waals surface area contributed by atoms with Crippen LogP contribution in [0.2, 0.25) is 0 Å². The lowest BCUT2D eigenvalue weighted by atomic mass is 9.97. The number of nitrogens with two attached hydrogens (primary N) is 1. The first-order chi connectivity index (χ1) is 7.45. The van der Waals surface area contributed by atoms with Gasteiger partial charge < -0.3 is 15.0 Å². The van der Waals surface area contributed by atoms with E-state index in [4.69, 9.17) is 15.5 Å². The standard InChI is InChI=1S/C12H21N3O/c1-12(2,16-4)11-14-9-7-8(13)5-6-10(9)15(11)3/h8H,5-7,13H2,1-4H3. The molecule has 1 aromatic rings. The average molecular weight is 223 g/mol. The second kappa shape index (κ2) is 3.86. The SMILES string of the molecule is COC(C)(C)c1nc2c(n1C)CCC(N)C2. The van der Waals surface area contributed by atoms with Crippen LogP contribution in [0.4, 0.5) is 0 Å². The third-order valence-corrected chi connectivity index (χ3v) is 3.55. The molecule has 0 amide bonds. The van der Waals surface area contributed by atoms with Crippen molar-refractivity contribution >= 4 is 0 Å². The molecular formula is C12H21N3O. The molecule has 1 aliphatic carbocycles. The van der Waals surface area contributed by atoms with E-state index >= 15 is 0 Å². The summed E-state index contributed by atoms with van der Waals surface area (Å²) >= 11 is 0. The molecule has 0 saturated heterocycles. The number of hydrogen-bond acceptors (Lipinski definition) is 3. The summed E-state index contributed by atoms with van der Waals surface area (Å²) in [6.45, 7) is 4.08. The molecule has 0 spiro atoms. The van der Waals surface area contributed by atoms with E-state index in [0.717, 1.165) is 30.8 Å². The van der Waals surface area contributed by atoms with Crippen LogP contribution >= 0.6 is 0 Å². The van der Waals surface area contributed by atoms with Gasteiger partial charge in [0.1, 0.15) is 11.4 Å². The molecule has 0 fully saturated rings. The van der Waals surface area contributed by atoms with E-state index in [0.29, 0.717) is 0 Å². The van der Waals surface area contributed by atoms with Gasteiger partial charge in [0.05, 0.1) is 5.69 Å². The summed E-state index contributed by atoms with van der Waals surface area (Å²) in [5, 5.41) is 0. The highest BCUT2D eigenvalue weighted by Crippen LogP contribution is 2.28. The van der Waals surface area contributed by atoms with E-state index in [9.17, 15) is 0 Å². The van der Waals surface area contributed by atoms with Gasteiger partial charge in [-0.2, -0.15) is 0 Å². The molecule has 0 radical (unpaired) electrons. The summed E-state index contributed by atoms with van der Waals surface area (Å²) in [5.41, 5.74) is 8.11. The zero-order valence-electron chi connectivity index (χ0n) is 10.6. The van der Waals surface area contributed by atoms with Gasteiger partial charge in [-0.25, -0.2) is 4.98 Å². The van der Waals surface area contributed by atoms with E-state index in [1.165, 1.54) is 5.69 Å². The van der Waals surface area contributed by atoms with Crippen LogP contribution in [0.15, 0.2) is 0 Å². The van der Waals surface area contributed by atoms with Crippen LogP contribution in [0.25, 0.3) is 0 Å². The Balaban J connectivity index is 2.43. The van der Waals surface area contributed by atoms with Crippen LogP contribution in [0.3, 0.4) is 0 Å².